The van der Waals surface area contributed by atoms with Gasteiger partial charge in [0.05, 0.1) is 13.2 Å². The van der Waals surface area contributed by atoms with E-state index in [1.54, 1.807) is 0 Å². The van der Waals surface area contributed by atoms with Crippen molar-refractivity contribution in [2.24, 2.45) is 0 Å². The molecule has 1 aromatic carbocycles. The van der Waals surface area contributed by atoms with Gasteiger partial charge in [-0.05, 0) is 12.1 Å². The van der Waals surface area contributed by atoms with Crippen LogP contribution in [0.15, 0.2) is 36.5 Å². The Morgan fingerprint density at radius 2 is 2.00 bits per heavy atom. The van der Waals surface area contributed by atoms with Crippen molar-refractivity contribution in [3.8, 4) is 5.75 Å². The van der Waals surface area contributed by atoms with E-state index in [2.05, 4.69) is 11.3 Å². The Bertz CT molecular complexity index is 459. The quantitative estimate of drug-likeness (QED) is 0.841. The lowest BCUT2D eigenvalue weighted by atomic mass is 10.3. The number of hydrogen-bond donors (Lipinski definition) is 0. The second-order valence-electron chi connectivity index (χ2n) is 4.12. The maximum absolute atomic E-state index is 13.9. The molecule has 0 unspecified atom stereocenters. The maximum Gasteiger partial charge on any atom is 0.441 e. The van der Waals surface area contributed by atoms with Crippen molar-refractivity contribution in [3.05, 3.63) is 42.4 Å². The van der Waals surface area contributed by atoms with E-state index >= 15 is 0 Å². The predicted molar refractivity (Wildman–Crippen MR) is 63.5 cm³/mol. The number of rotatable bonds is 4. The van der Waals surface area contributed by atoms with Crippen LogP contribution in [0.2, 0.25) is 0 Å². The summed E-state index contributed by atoms with van der Waals surface area (Å²) in [4.78, 5) is 1.41. The standard InChI is InChI=1S/C13H14F3NO2/c1-10(17-5-7-18-8-6-17)13(15,16)19-12-4-2-3-11(14)9-12/h2-4,9H,1,5-8H2. The van der Waals surface area contributed by atoms with Gasteiger partial charge in [-0.25, -0.2) is 4.39 Å². The smallest absolute Gasteiger partial charge is 0.428 e. The van der Waals surface area contributed by atoms with Crippen molar-refractivity contribution in [1.29, 1.82) is 0 Å². The summed E-state index contributed by atoms with van der Waals surface area (Å²) in [6.45, 7) is 4.78. The molecular formula is C13H14F3NO2. The lowest BCUT2D eigenvalue weighted by Crippen LogP contribution is -2.43. The fourth-order valence-electron chi connectivity index (χ4n) is 1.75. The molecule has 1 heterocycles. The van der Waals surface area contributed by atoms with Crippen LogP contribution in [0.4, 0.5) is 13.2 Å². The van der Waals surface area contributed by atoms with Gasteiger partial charge < -0.3 is 14.4 Å². The molecule has 0 amide bonds. The third-order valence-corrected chi connectivity index (χ3v) is 2.77. The van der Waals surface area contributed by atoms with Crippen LogP contribution in [0.5, 0.6) is 5.75 Å². The molecule has 6 heteroatoms. The molecule has 2 rings (SSSR count). The number of benzene rings is 1. The Balaban J connectivity index is 2.06. The van der Waals surface area contributed by atoms with Crippen LogP contribution in [-0.2, 0) is 4.74 Å². The van der Waals surface area contributed by atoms with Crippen LogP contribution < -0.4 is 4.74 Å². The number of hydrogen-bond acceptors (Lipinski definition) is 3. The predicted octanol–water partition coefficient (Wildman–Crippen LogP) is 2.64. The Morgan fingerprint density at radius 1 is 1.32 bits per heavy atom. The Labute approximate surface area is 109 Å². The zero-order chi connectivity index (χ0) is 13.9. The highest BCUT2D eigenvalue weighted by atomic mass is 19.3. The van der Waals surface area contributed by atoms with Crippen LogP contribution >= 0.6 is 0 Å². The first-order chi connectivity index (χ1) is 8.99. The van der Waals surface area contributed by atoms with Crippen molar-refractivity contribution in [2.75, 3.05) is 26.3 Å². The SMILES string of the molecule is C=C(N1CCOCC1)C(F)(F)Oc1cccc(F)c1. The summed E-state index contributed by atoms with van der Waals surface area (Å²) in [6.07, 6.45) is -3.58. The lowest BCUT2D eigenvalue weighted by molar-refractivity contribution is -0.161. The molecule has 1 aliphatic rings. The molecule has 3 nitrogen and oxygen atoms in total. The zero-order valence-electron chi connectivity index (χ0n) is 10.2. The van der Waals surface area contributed by atoms with E-state index in [4.69, 9.17) is 4.74 Å². The molecule has 0 atom stereocenters. The molecule has 1 saturated heterocycles. The Kier molecular flexibility index (Phi) is 3.99. The van der Waals surface area contributed by atoms with Crippen molar-refractivity contribution in [1.82, 2.24) is 4.90 Å². The van der Waals surface area contributed by atoms with Gasteiger partial charge in [0.15, 0.2) is 0 Å². The average molecular weight is 273 g/mol. The monoisotopic (exact) mass is 273 g/mol. The molecule has 1 aromatic rings. The van der Waals surface area contributed by atoms with Crippen LogP contribution in [0.1, 0.15) is 0 Å². The Morgan fingerprint density at radius 3 is 2.63 bits per heavy atom. The number of halogens is 3. The molecule has 19 heavy (non-hydrogen) atoms. The molecule has 0 aromatic heterocycles. The molecule has 0 aliphatic carbocycles. The third kappa shape index (κ3) is 3.41. The van der Waals surface area contributed by atoms with Crippen molar-refractivity contribution in [2.45, 2.75) is 6.11 Å². The van der Waals surface area contributed by atoms with E-state index in [0.29, 0.717) is 26.3 Å². The van der Waals surface area contributed by atoms with E-state index in [1.165, 1.54) is 17.0 Å². The molecule has 0 saturated carbocycles. The van der Waals surface area contributed by atoms with Gasteiger partial charge >= 0.3 is 6.11 Å². The fraction of sp³-hybridized carbons (Fsp3) is 0.385. The topological polar surface area (TPSA) is 21.7 Å². The molecular weight excluding hydrogens is 259 g/mol. The van der Waals surface area contributed by atoms with Crippen LogP contribution in [0.3, 0.4) is 0 Å². The number of alkyl halides is 2. The van der Waals surface area contributed by atoms with Gasteiger partial charge in [-0.1, -0.05) is 12.6 Å². The summed E-state index contributed by atoms with van der Waals surface area (Å²) in [7, 11) is 0. The summed E-state index contributed by atoms with van der Waals surface area (Å²) in [5.41, 5.74) is -0.444. The summed E-state index contributed by atoms with van der Waals surface area (Å²) in [6, 6.07) is 4.63. The first kappa shape index (κ1) is 13.7. The second-order valence-corrected chi connectivity index (χ2v) is 4.12. The Hall–Kier alpha value is -1.69. The van der Waals surface area contributed by atoms with Crippen LogP contribution in [0.25, 0.3) is 0 Å². The molecule has 0 bridgehead atoms. The molecule has 0 radical (unpaired) electrons. The lowest BCUT2D eigenvalue weighted by Gasteiger charge is -2.33. The van der Waals surface area contributed by atoms with E-state index in [-0.39, 0.29) is 5.75 Å². The second kappa shape index (κ2) is 5.52. The number of nitrogens with zero attached hydrogens (tertiary/aromatic N) is 1. The third-order valence-electron chi connectivity index (χ3n) is 2.77. The highest BCUT2D eigenvalue weighted by molar-refractivity contribution is 5.24. The van der Waals surface area contributed by atoms with Crippen LogP contribution in [0, 0.1) is 5.82 Å². The van der Waals surface area contributed by atoms with E-state index in [9.17, 15) is 13.2 Å². The largest absolute Gasteiger partial charge is 0.441 e. The van der Waals surface area contributed by atoms with Gasteiger partial charge in [0.2, 0.25) is 0 Å². The first-order valence-electron chi connectivity index (χ1n) is 5.83. The summed E-state index contributed by atoms with van der Waals surface area (Å²) in [5, 5.41) is 0. The number of ether oxygens (including phenoxy) is 2. The molecule has 1 aliphatic heterocycles. The van der Waals surface area contributed by atoms with Gasteiger partial charge in [-0.2, -0.15) is 8.78 Å². The fourth-order valence-corrected chi connectivity index (χ4v) is 1.75. The highest BCUT2D eigenvalue weighted by Gasteiger charge is 2.39. The van der Waals surface area contributed by atoms with Gasteiger partial charge in [0, 0.05) is 19.2 Å². The minimum Gasteiger partial charge on any atom is -0.428 e. The van der Waals surface area contributed by atoms with Gasteiger partial charge in [-0.3, -0.25) is 0 Å². The van der Waals surface area contributed by atoms with Gasteiger partial charge in [0.1, 0.15) is 17.3 Å². The average Bonchev–Trinajstić information content (AvgIpc) is 2.38. The molecule has 0 N–H and O–H groups in total. The summed E-state index contributed by atoms with van der Waals surface area (Å²) < 4.78 is 50.3. The van der Waals surface area contributed by atoms with Crippen molar-refractivity contribution < 1.29 is 22.6 Å². The summed E-state index contributed by atoms with van der Waals surface area (Å²) >= 11 is 0. The normalized spacial score (nSPS) is 16.3. The van der Waals surface area contributed by atoms with E-state index in [0.717, 1.165) is 12.1 Å². The van der Waals surface area contributed by atoms with Crippen molar-refractivity contribution in [3.63, 3.8) is 0 Å². The van der Waals surface area contributed by atoms with Gasteiger partial charge in [0.25, 0.3) is 0 Å². The number of morpholine rings is 1. The molecule has 0 spiro atoms. The van der Waals surface area contributed by atoms with Crippen LogP contribution in [-0.4, -0.2) is 37.3 Å². The minimum atomic E-state index is -3.58. The van der Waals surface area contributed by atoms with E-state index < -0.39 is 17.6 Å². The molecule has 104 valence electrons. The van der Waals surface area contributed by atoms with Gasteiger partial charge in [-0.15, -0.1) is 0 Å². The first-order valence-corrected chi connectivity index (χ1v) is 5.83. The summed E-state index contributed by atoms with van der Waals surface area (Å²) in [5.74, 6) is -0.871. The highest BCUT2D eigenvalue weighted by Crippen LogP contribution is 2.30. The minimum absolute atomic E-state index is 0.237. The zero-order valence-corrected chi connectivity index (χ0v) is 10.2. The van der Waals surface area contributed by atoms with E-state index in [1.807, 2.05) is 0 Å². The maximum atomic E-state index is 13.9. The van der Waals surface area contributed by atoms with Crippen molar-refractivity contribution >= 4 is 0 Å². The molecule has 1 fully saturated rings.